The van der Waals surface area contributed by atoms with Gasteiger partial charge < -0.3 is 14.2 Å². The molecule has 0 bridgehead atoms. The lowest BCUT2D eigenvalue weighted by Crippen LogP contribution is -2.30. The number of allylic oxidation sites excluding steroid dienone is 10. The molecule has 322 valence electrons. The molecule has 0 saturated heterocycles. The second kappa shape index (κ2) is 44.8. The first-order chi connectivity index (χ1) is 27.5. The van der Waals surface area contributed by atoms with Gasteiger partial charge in [-0.1, -0.05) is 184 Å². The number of carbonyl (C=O) groups is 3. The zero-order valence-corrected chi connectivity index (χ0v) is 36.6. The molecule has 0 aliphatic rings. The normalized spacial score (nSPS) is 12.6. The van der Waals surface area contributed by atoms with Crippen LogP contribution < -0.4 is 0 Å². The highest BCUT2D eigenvalue weighted by Crippen LogP contribution is 2.14. The molecule has 0 rings (SSSR count). The molecule has 0 spiro atoms. The number of hydrogen-bond acceptors (Lipinski definition) is 6. The summed E-state index contributed by atoms with van der Waals surface area (Å²) in [4.78, 5) is 37.7. The van der Waals surface area contributed by atoms with Crippen LogP contribution in [0.2, 0.25) is 0 Å². The molecule has 1 unspecified atom stereocenters. The molecular formula is C50H86O6. The van der Waals surface area contributed by atoms with E-state index in [1.165, 1.54) is 83.5 Å². The summed E-state index contributed by atoms with van der Waals surface area (Å²) in [5.74, 6) is -0.945. The molecule has 0 aliphatic carbocycles. The van der Waals surface area contributed by atoms with Crippen LogP contribution in [0.4, 0.5) is 0 Å². The summed E-state index contributed by atoms with van der Waals surface area (Å²) in [7, 11) is 0. The Hall–Kier alpha value is -2.89. The van der Waals surface area contributed by atoms with E-state index in [1.54, 1.807) is 0 Å². The Morgan fingerprint density at radius 3 is 1.21 bits per heavy atom. The van der Waals surface area contributed by atoms with Crippen molar-refractivity contribution in [3.63, 3.8) is 0 Å². The largest absolute Gasteiger partial charge is 0.462 e. The lowest BCUT2D eigenvalue weighted by atomic mass is 10.0. The molecule has 6 nitrogen and oxygen atoms in total. The Bertz CT molecular complexity index is 1040. The average molecular weight is 783 g/mol. The van der Waals surface area contributed by atoms with Gasteiger partial charge in [0.05, 0.1) is 0 Å². The number of carbonyl (C=O) groups excluding carboxylic acids is 3. The van der Waals surface area contributed by atoms with Crippen molar-refractivity contribution in [2.75, 3.05) is 13.2 Å². The third-order valence-corrected chi connectivity index (χ3v) is 9.74. The molecule has 0 aromatic rings. The van der Waals surface area contributed by atoms with Gasteiger partial charge in [-0.05, 0) is 77.0 Å². The minimum Gasteiger partial charge on any atom is -0.462 e. The molecule has 1 atom stereocenters. The zero-order valence-electron chi connectivity index (χ0n) is 36.6. The number of esters is 3. The number of rotatable bonds is 41. The fraction of sp³-hybridized carbons (Fsp3) is 0.740. The summed E-state index contributed by atoms with van der Waals surface area (Å²) in [5, 5.41) is 0. The molecular weight excluding hydrogens is 697 g/mol. The van der Waals surface area contributed by atoms with E-state index in [0.29, 0.717) is 19.3 Å². The molecule has 0 aromatic heterocycles. The molecule has 56 heavy (non-hydrogen) atoms. The van der Waals surface area contributed by atoms with Gasteiger partial charge >= 0.3 is 17.9 Å². The predicted molar refractivity (Wildman–Crippen MR) is 238 cm³/mol. The van der Waals surface area contributed by atoms with Gasteiger partial charge in [0.1, 0.15) is 13.2 Å². The van der Waals surface area contributed by atoms with Crippen molar-refractivity contribution in [2.45, 2.75) is 226 Å². The molecule has 0 saturated carbocycles. The SMILES string of the molecule is CC/C=C\C/C=C\C/C=C\C/C=C\CCCCC(=O)OCC(COC(=O)CCCCCCC/C=C\CCC)OC(=O)CCCCCCCCCCCCCCC. The highest BCUT2D eigenvalue weighted by molar-refractivity contribution is 5.71. The first-order valence-corrected chi connectivity index (χ1v) is 23.3. The van der Waals surface area contributed by atoms with E-state index in [2.05, 4.69) is 81.5 Å². The van der Waals surface area contributed by atoms with Crippen molar-refractivity contribution in [1.29, 1.82) is 0 Å². The monoisotopic (exact) mass is 783 g/mol. The summed E-state index contributed by atoms with van der Waals surface area (Å²) in [6.07, 6.45) is 53.5. The van der Waals surface area contributed by atoms with Crippen LogP contribution in [0, 0.1) is 0 Å². The van der Waals surface area contributed by atoms with Crippen LogP contribution in [0.3, 0.4) is 0 Å². The molecule has 0 amide bonds. The van der Waals surface area contributed by atoms with Gasteiger partial charge in [-0.3, -0.25) is 14.4 Å². The Morgan fingerprint density at radius 1 is 0.375 bits per heavy atom. The quantitative estimate of drug-likeness (QED) is 0.0266. The molecule has 0 radical (unpaired) electrons. The van der Waals surface area contributed by atoms with Crippen LogP contribution in [0.5, 0.6) is 0 Å². The maximum Gasteiger partial charge on any atom is 0.306 e. The summed E-state index contributed by atoms with van der Waals surface area (Å²) >= 11 is 0. The van der Waals surface area contributed by atoms with Gasteiger partial charge in [0, 0.05) is 19.3 Å². The number of hydrogen-bond donors (Lipinski definition) is 0. The third kappa shape index (κ3) is 42.3. The summed E-state index contributed by atoms with van der Waals surface area (Å²) in [6.45, 7) is 6.41. The van der Waals surface area contributed by atoms with Crippen LogP contribution in [-0.2, 0) is 28.6 Å². The van der Waals surface area contributed by atoms with Gasteiger partial charge in [-0.2, -0.15) is 0 Å². The van der Waals surface area contributed by atoms with Crippen molar-refractivity contribution in [2.24, 2.45) is 0 Å². The van der Waals surface area contributed by atoms with Gasteiger partial charge in [0.15, 0.2) is 6.10 Å². The topological polar surface area (TPSA) is 78.9 Å². The Kier molecular flexibility index (Phi) is 42.5. The fourth-order valence-electron chi connectivity index (χ4n) is 6.26. The number of ether oxygens (including phenoxy) is 3. The summed E-state index contributed by atoms with van der Waals surface area (Å²) < 4.78 is 16.7. The minimum atomic E-state index is -0.789. The average Bonchev–Trinajstić information content (AvgIpc) is 3.19. The molecule has 0 fully saturated rings. The van der Waals surface area contributed by atoms with E-state index in [1.807, 2.05) is 0 Å². The Morgan fingerprint density at radius 2 is 0.732 bits per heavy atom. The highest BCUT2D eigenvalue weighted by Gasteiger charge is 2.19. The van der Waals surface area contributed by atoms with Crippen molar-refractivity contribution in [3.05, 3.63) is 60.8 Å². The van der Waals surface area contributed by atoms with Crippen molar-refractivity contribution in [3.8, 4) is 0 Å². The second-order valence-corrected chi connectivity index (χ2v) is 15.3. The zero-order chi connectivity index (χ0) is 40.8. The smallest absolute Gasteiger partial charge is 0.306 e. The third-order valence-electron chi connectivity index (χ3n) is 9.74. The molecule has 0 heterocycles. The molecule has 0 N–H and O–H groups in total. The van der Waals surface area contributed by atoms with Gasteiger partial charge in [0.25, 0.3) is 0 Å². The Balaban J connectivity index is 4.44. The lowest BCUT2D eigenvalue weighted by Gasteiger charge is -2.18. The van der Waals surface area contributed by atoms with E-state index in [0.717, 1.165) is 96.3 Å². The van der Waals surface area contributed by atoms with Crippen LogP contribution >= 0.6 is 0 Å². The van der Waals surface area contributed by atoms with Gasteiger partial charge in [0.2, 0.25) is 0 Å². The van der Waals surface area contributed by atoms with Crippen molar-refractivity contribution < 1.29 is 28.6 Å². The second-order valence-electron chi connectivity index (χ2n) is 15.3. The van der Waals surface area contributed by atoms with Crippen LogP contribution in [-0.4, -0.2) is 37.2 Å². The standard InChI is InChI=1S/C50H86O6/c1-4-7-10-13-16-19-22-24-25-27-28-31-34-37-40-43-49(52)55-46-47(45-54-48(51)42-39-36-33-30-21-18-15-12-9-6-3)56-50(53)44-41-38-35-32-29-26-23-20-17-14-11-8-5-2/h7,10,12,15-16,19,24-25,28,31,47H,4-6,8-9,11,13-14,17-18,20-23,26-27,29-30,32-46H2,1-3H3/b10-7-,15-12-,19-16-,25-24-,31-28-. The number of unbranched alkanes of at least 4 members (excludes halogenated alkanes) is 20. The van der Waals surface area contributed by atoms with Gasteiger partial charge in [-0.15, -0.1) is 0 Å². The van der Waals surface area contributed by atoms with Crippen molar-refractivity contribution in [1.82, 2.24) is 0 Å². The van der Waals surface area contributed by atoms with Crippen LogP contribution in [0.15, 0.2) is 60.8 Å². The fourth-order valence-corrected chi connectivity index (χ4v) is 6.26. The molecule has 0 aliphatic heterocycles. The summed E-state index contributed by atoms with van der Waals surface area (Å²) in [6, 6.07) is 0. The van der Waals surface area contributed by atoms with E-state index >= 15 is 0 Å². The summed E-state index contributed by atoms with van der Waals surface area (Å²) in [5.41, 5.74) is 0. The maximum atomic E-state index is 12.7. The lowest BCUT2D eigenvalue weighted by molar-refractivity contribution is -0.167. The molecule has 0 aromatic carbocycles. The molecule has 6 heteroatoms. The van der Waals surface area contributed by atoms with E-state index in [-0.39, 0.29) is 31.1 Å². The van der Waals surface area contributed by atoms with Gasteiger partial charge in [-0.25, -0.2) is 0 Å². The maximum absolute atomic E-state index is 12.7. The highest BCUT2D eigenvalue weighted by atomic mass is 16.6. The minimum absolute atomic E-state index is 0.0909. The first kappa shape index (κ1) is 53.1. The van der Waals surface area contributed by atoms with E-state index < -0.39 is 6.10 Å². The predicted octanol–water partition coefficient (Wildman–Crippen LogP) is 14.9. The van der Waals surface area contributed by atoms with Crippen LogP contribution in [0.25, 0.3) is 0 Å². The first-order valence-electron chi connectivity index (χ1n) is 23.3. The van der Waals surface area contributed by atoms with Crippen LogP contribution in [0.1, 0.15) is 220 Å². The van der Waals surface area contributed by atoms with Crippen molar-refractivity contribution >= 4 is 17.9 Å². The van der Waals surface area contributed by atoms with E-state index in [9.17, 15) is 14.4 Å². The van der Waals surface area contributed by atoms with E-state index in [4.69, 9.17) is 14.2 Å². The Labute approximate surface area is 345 Å².